The number of nitrogens with two attached hydrogens (primary N) is 1. The minimum Gasteiger partial charge on any atom is -0.324 e. The van der Waals surface area contributed by atoms with Gasteiger partial charge in [0.15, 0.2) is 0 Å². The van der Waals surface area contributed by atoms with E-state index in [0.29, 0.717) is 6.04 Å². The summed E-state index contributed by atoms with van der Waals surface area (Å²) in [6.07, 6.45) is 6.13. The van der Waals surface area contributed by atoms with Gasteiger partial charge in [0, 0.05) is 6.04 Å². The van der Waals surface area contributed by atoms with Gasteiger partial charge in [0.2, 0.25) is 0 Å². The average Bonchev–Trinajstić information content (AvgIpc) is 2.58. The lowest BCUT2D eigenvalue weighted by Crippen LogP contribution is -2.05. The Bertz CT molecular complexity index is 317. The van der Waals surface area contributed by atoms with Crippen LogP contribution in [0, 0.1) is 0 Å². The number of fused-ring (bicyclic) bond motifs is 1. The number of benzene rings is 1. The van der Waals surface area contributed by atoms with Crippen LogP contribution in [0.1, 0.15) is 48.9 Å². The van der Waals surface area contributed by atoms with Crippen molar-refractivity contribution >= 4 is 0 Å². The third-order valence-electron chi connectivity index (χ3n) is 3.21. The summed E-state index contributed by atoms with van der Waals surface area (Å²) in [7, 11) is 0. The molecule has 0 saturated carbocycles. The van der Waals surface area contributed by atoms with Crippen LogP contribution in [-0.2, 0) is 12.8 Å². The van der Waals surface area contributed by atoms with Gasteiger partial charge >= 0.3 is 0 Å². The summed E-state index contributed by atoms with van der Waals surface area (Å²) in [5.74, 6) is 0. The lowest BCUT2D eigenvalue weighted by Gasteiger charge is -2.08. The molecule has 1 aromatic carbocycles. The monoisotopic (exact) mass is 189 g/mol. The molecule has 0 unspecified atom stereocenters. The molecule has 1 aromatic rings. The van der Waals surface area contributed by atoms with Gasteiger partial charge < -0.3 is 5.73 Å². The molecule has 1 heteroatoms. The van der Waals surface area contributed by atoms with Crippen LogP contribution in [0.15, 0.2) is 18.2 Å². The smallest absolute Gasteiger partial charge is 0.0300 e. The first-order valence-corrected chi connectivity index (χ1v) is 5.69. The number of hydrogen-bond acceptors (Lipinski definition) is 1. The fourth-order valence-electron chi connectivity index (χ4n) is 2.36. The zero-order chi connectivity index (χ0) is 9.97. The van der Waals surface area contributed by atoms with Crippen LogP contribution in [0.4, 0.5) is 0 Å². The van der Waals surface area contributed by atoms with E-state index >= 15 is 0 Å². The van der Waals surface area contributed by atoms with Gasteiger partial charge in [-0.3, -0.25) is 0 Å². The molecule has 14 heavy (non-hydrogen) atoms. The van der Waals surface area contributed by atoms with Crippen LogP contribution in [0.5, 0.6) is 0 Å². The molecular weight excluding hydrogens is 170 g/mol. The van der Waals surface area contributed by atoms with Gasteiger partial charge in [-0.1, -0.05) is 31.5 Å². The minimum absolute atomic E-state index is 0.298. The molecule has 76 valence electrons. The first-order valence-electron chi connectivity index (χ1n) is 5.69. The molecule has 0 aliphatic heterocycles. The van der Waals surface area contributed by atoms with Crippen LogP contribution < -0.4 is 5.73 Å². The fourth-order valence-corrected chi connectivity index (χ4v) is 2.36. The summed E-state index contributed by atoms with van der Waals surface area (Å²) in [5.41, 5.74) is 10.5. The summed E-state index contributed by atoms with van der Waals surface area (Å²) in [6, 6.07) is 6.93. The predicted octanol–water partition coefficient (Wildman–Crippen LogP) is 2.98. The van der Waals surface area contributed by atoms with Gasteiger partial charge in [-0.2, -0.15) is 0 Å². The molecule has 2 rings (SSSR count). The van der Waals surface area contributed by atoms with Crippen LogP contribution in [0.2, 0.25) is 0 Å². The molecule has 2 N–H and O–H groups in total. The summed E-state index contributed by atoms with van der Waals surface area (Å²) < 4.78 is 0. The zero-order valence-electron chi connectivity index (χ0n) is 8.92. The Morgan fingerprint density at radius 3 is 3.07 bits per heavy atom. The van der Waals surface area contributed by atoms with E-state index in [4.69, 9.17) is 5.73 Å². The van der Waals surface area contributed by atoms with E-state index in [1.54, 1.807) is 5.56 Å². The highest BCUT2D eigenvalue weighted by Gasteiger charge is 2.20. The number of rotatable bonds is 3. The normalized spacial score (nSPS) is 19.7. The van der Waals surface area contributed by atoms with Crippen molar-refractivity contribution in [3.05, 3.63) is 34.9 Å². The molecule has 1 aliphatic carbocycles. The first-order chi connectivity index (χ1) is 6.83. The Labute approximate surface area is 86.3 Å². The quantitative estimate of drug-likeness (QED) is 0.777. The lowest BCUT2D eigenvalue weighted by molar-refractivity contribution is 0.712. The van der Waals surface area contributed by atoms with Crippen molar-refractivity contribution in [2.75, 3.05) is 0 Å². The van der Waals surface area contributed by atoms with Gasteiger partial charge in [-0.05, 0) is 42.4 Å². The van der Waals surface area contributed by atoms with E-state index in [2.05, 4.69) is 25.1 Å². The molecule has 1 aliphatic rings. The van der Waals surface area contributed by atoms with Crippen molar-refractivity contribution in [1.29, 1.82) is 0 Å². The third-order valence-corrected chi connectivity index (χ3v) is 3.21. The lowest BCUT2D eigenvalue weighted by atomic mass is 9.98. The van der Waals surface area contributed by atoms with Gasteiger partial charge in [-0.15, -0.1) is 0 Å². The van der Waals surface area contributed by atoms with E-state index in [9.17, 15) is 0 Å². The van der Waals surface area contributed by atoms with E-state index in [1.165, 1.54) is 36.8 Å². The van der Waals surface area contributed by atoms with E-state index < -0.39 is 0 Å². The van der Waals surface area contributed by atoms with Crippen molar-refractivity contribution < 1.29 is 0 Å². The maximum Gasteiger partial charge on any atom is 0.0300 e. The Hall–Kier alpha value is -0.820. The largest absolute Gasteiger partial charge is 0.324 e. The number of aryl methyl sites for hydroxylation is 1. The summed E-state index contributed by atoms with van der Waals surface area (Å²) in [4.78, 5) is 0. The second kappa shape index (κ2) is 4.14. The van der Waals surface area contributed by atoms with Gasteiger partial charge in [-0.25, -0.2) is 0 Å². The van der Waals surface area contributed by atoms with Crippen LogP contribution in [0.25, 0.3) is 0 Å². The summed E-state index contributed by atoms with van der Waals surface area (Å²) in [5, 5.41) is 0. The topological polar surface area (TPSA) is 26.0 Å². The Morgan fingerprint density at radius 2 is 2.29 bits per heavy atom. The summed E-state index contributed by atoms with van der Waals surface area (Å²) >= 11 is 0. The molecule has 0 spiro atoms. The molecule has 0 bridgehead atoms. The Morgan fingerprint density at radius 1 is 1.43 bits per heavy atom. The fraction of sp³-hybridized carbons (Fsp3) is 0.538. The van der Waals surface area contributed by atoms with Gasteiger partial charge in [0.1, 0.15) is 0 Å². The molecule has 0 saturated heterocycles. The first kappa shape index (κ1) is 9.72. The maximum atomic E-state index is 6.04. The van der Waals surface area contributed by atoms with Crippen molar-refractivity contribution in [2.24, 2.45) is 5.73 Å². The molecular formula is C13H19N. The molecule has 0 amide bonds. The molecule has 1 atom stereocenters. The SMILES string of the molecule is CCCCc1cccc2c1CC[C@@H]2N. The van der Waals surface area contributed by atoms with Gasteiger partial charge in [0.25, 0.3) is 0 Å². The molecule has 0 fully saturated rings. The highest BCUT2D eigenvalue weighted by molar-refractivity contribution is 5.40. The van der Waals surface area contributed by atoms with Crippen molar-refractivity contribution in [3.63, 3.8) is 0 Å². The van der Waals surface area contributed by atoms with Crippen LogP contribution in [0.3, 0.4) is 0 Å². The minimum atomic E-state index is 0.298. The second-order valence-corrected chi connectivity index (χ2v) is 4.23. The van der Waals surface area contributed by atoms with E-state index in [0.717, 1.165) is 6.42 Å². The number of hydrogen-bond donors (Lipinski definition) is 1. The van der Waals surface area contributed by atoms with Crippen molar-refractivity contribution in [3.8, 4) is 0 Å². The van der Waals surface area contributed by atoms with Gasteiger partial charge in [0.05, 0.1) is 0 Å². The second-order valence-electron chi connectivity index (χ2n) is 4.23. The van der Waals surface area contributed by atoms with Crippen LogP contribution >= 0.6 is 0 Å². The summed E-state index contributed by atoms with van der Waals surface area (Å²) in [6.45, 7) is 2.24. The standard InChI is InChI=1S/C13H19N/c1-2-3-5-10-6-4-7-12-11(10)8-9-13(12)14/h4,6-7,13H,2-3,5,8-9,14H2,1H3/t13-/m0/s1. The van der Waals surface area contributed by atoms with Crippen LogP contribution in [-0.4, -0.2) is 0 Å². The molecule has 0 aromatic heterocycles. The predicted molar refractivity (Wildman–Crippen MR) is 60.3 cm³/mol. The molecule has 0 radical (unpaired) electrons. The van der Waals surface area contributed by atoms with Crippen molar-refractivity contribution in [2.45, 2.75) is 45.1 Å². The Kier molecular flexibility index (Phi) is 2.87. The highest BCUT2D eigenvalue weighted by atomic mass is 14.6. The average molecular weight is 189 g/mol. The third kappa shape index (κ3) is 1.69. The molecule has 1 nitrogen and oxygen atoms in total. The Balaban J connectivity index is 2.25. The van der Waals surface area contributed by atoms with E-state index in [-0.39, 0.29) is 0 Å². The maximum absolute atomic E-state index is 6.04. The van der Waals surface area contributed by atoms with E-state index in [1.807, 2.05) is 0 Å². The number of unbranched alkanes of at least 4 members (excludes halogenated alkanes) is 1. The van der Waals surface area contributed by atoms with Crippen molar-refractivity contribution in [1.82, 2.24) is 0 Å². The zero-order valence-corrected chi connectivity index (χ0v) is 8.92. The molecule has 0 heterocycles. The highest BCUT2D eigenvalue weighted by Crippen LogP contribution is 2.32.